The average molecular weight is 428 g/mol. The minimum absolute atomic E-state index is 0.0656. The Morgan fingerprint density at radius 3 is 1.80 bits per heavy atom. The molecule has 0 spiro atoms. The summed E-state index contributed by atoms with van der Waals surface area (Å²) in [5.41, 5.74) is 4.19. The minimum atomic E-state index is -1.24. The molecule has 2 aliphatic rings. The van der Waals surface area contributed by atoms with Gasteiger partial charge in [0.05, 0.1) is 0 Å². The van der Waals surface area contributed by atoms with Crippen molar-refractivity contribution < 1.29 is 24.2 Å². The first-order valence-electron chi connectivity index (χ1n) is 11.3. The van der Waals surface area contributed by atoms with Crippen molar-refractivity contribution in [3.8, 4) is 0 Å². The van der Waals surface area contributed by atoms with Crippen LogP contribution in [0.1, 0.15) is 97.8 Å². The molecule has 0 saturated heterocycles. The van der Waals surface area contributed by atoms with Crippen molar-refractivity contribution in [2.24, 2.45) is 5.73 Å². The molecule has 2 amide bonds. The highest BCUT2D eigenvalue weighted by Gasteiger charge is 2.24. The molecule has 0 unspecified atom stereocenters. The van der Waals surface area contributed by atoms with Crippen LogP contribution in [0.3, 0.4) is 0 Å². The molecule has 0 aromatic rings. The lowest BCUT2D eigenvalue weighted by Gasteiger charge is -2.30. The Bertz CT molecular complexity index is 519. The van der Waals surface area contributed by atoms with Gasteiger partial charge in [-0.05, 0) is 52.9 Å². The highest BCUT2D eigenvalue weighted by molar-refractivity contribution is 5.81. The molecule has 2 saturated carbocycles. The lowest BCUT2D eigenvalue weighted by Crippen LogP contribution is -2.43. The average Bonchev–Trinajstić information content (AvgIpc) is 2.65. The Labute approximate surface area is 180 Å². The van der Waals surface area contributed by atoms with Gasteiger partial charge in [-0.2, -0.15) is 0 Å². The van der Waals surface area contributed by atoms with Gasteiger partial charge in [0.15, 0.2) is 0 Å². The molecule has 0 heterocycles. The van der Waals surface area contributed by atoms with Crippen molar-refractivity contribution in [3.63, 3.8) is 0 Å². The zero-order valence-electron chi connectivity index (χ0n) is 18.9. The molecule has 0 radical (unpaired) electrons. The van der Waals surface area contributed by atoms with Gasteiger partial charge in [0, 0.05) is 18.5 Å². The van der Waals surface area contributed by atoms with Gasteiger partial charge in [0.2, 0.25) is 5.91 Å². The van der Waals surface area contributed by atoms with Crippen LogP contribution in [-0.2, 0) is 14.3 Å². The number of amides is 2. The molecule has 0 bridgehead atoms. The topological polar surface area (TPSA) is 131 Å². The predicted octanol–water partition coefficient (Wildman–Crippen LogP) is 3.47. The Hall–Kier alpha value is -1.83. The summed E-state index contributed by atoms with van der Waals surface area (Å²) in [7, 11) is 0. The van der Waals surface area contributed by atoms with Gasteiger partial charge in [-0.3, -0.25) is 4.79 Å². The van der Waals surface area contributed by atoms with Gasteiger partial charge in [0.25, 0.3) is 0 Å². The second kappa shape index (κ2) is 13.5. The zero-order valence-corrected chi connectivity index (χ0v) is 18.9. The molecule has 8 heteroatoms. The number of nitrogens with one attached hydrogen (secondary N) is 2. The summed E-state index contributed by atoms with van der Waals surface area (Å²) in [6.07, 6.45) is 13.5. The quantitative estimate of drug-likeness (QED) is 0.492. The van der Waals surface area contributed by atoms with E-state index in [-0.39, 0.29) is 12.8 Å². The fraction of sp³-hybridized carbons (Fsp3) is 0.864. The van der Waals surface area contributed by atoms with E-state index in [9.17, 15) is 14.4 Å². The Balaban J connectivity index is 0.000000308. The zero-order chi connectivity index (χ0) is 22.6. The first kappa shape index (κ1) is 26.2. The molecule has 0 aromatic carbocycles. The van der Waals surface area contributed by atoms with Crippen molar-refractivity contribution >= 4 is 18.0 Å². The minimum Gasteiger partial charge on any atom is -0.480 e. The number of carbonyl (C=O) groups excluding carboxylic acids is 2. The van der Waals surface area contributed by atoms with Gasteiger partial charge < -0.3 is 26.2 Å². The number of hydrogen-bond donors (Lipinski definition) is 4. The lowest BCUT2D eigenvalue weighted by atomic mass is 9.91. The molecular formula is C22H41N3O5. The second-order valence-electron chi connectivity index (χ2n) is 9.38. The van der Waals surface area contributed by atoms with Crippen molar-refractivity contribution in [3.05, 3.63) is 0 Å². The molecule has 2 rings (SSSR count). The van der Waals surface area contributed by atoms with Crippen LogP contribution < -0.4 is 16.4 Å². The van der Waals surface area contributed by atoms with Gasteiger partial charge in [-0.15, -0.1) is 0 Å². The van der Waals surface area contributed by atoms with Crippen LogP contribution in [-0.4, -0.2) is 46.8 Å². The first-order valence-corrected chi connectivity index (χ1v) is 11.3. The van der Waals surface area contributed by atoms with Gasteiger partial charge >= 0.3 is 12.1 Å². The summed E-state index contributed by atoms with van der Waals surface area (Å²) in [6.45, 7) is 4.98. The van der Waals surface area contributed by atoms with E-state index in [4.69, 9.17) is 15.6 Å². The molecule has 174 valence electrons. The van der Waals surface area contributed by atoms with E-state index in [0.717, 1.165) is 12.1 Å². The van der Waals surface area contributed by atoms with Crippen molar-refractivity contribution in [1.82, 2.24) is 10.6 Å². The fourth-order valence-electron chi connectivity index (χ4n) is 3.87. The Morgan fingerprint density at radius 1 is 0.967 bits per heavy atom. The molecule has 30 heavy (non-hydrogen) atoms. The van der Waals surface area contributed by atoms with E-state index in [1.54, 1.807) is 20.8 Å². The SMILES string of the molecule is C1CCC(NC2CCCCC2)CC1.CC(C)(C)OC(=O)N[C@@H](CCC(N)=O)C(=O)O. The van der Waals surface area contributed by atoms with Crippen LogP contribution in [0.4, 0.5) is 4.79 Å². The smallest absolute Gasteiger partial charge is 0.408 e. The normalized spacial score (nSPS) is 19.2. The highest BCUT2D eigenvalue weighted by Crippen LogP contribution is 2.22. The number of alkyl carbamates (subject to hydrolysis) is 1. The molecular weight excluding hydrogens is 386 g/mol. The van der Waals surface area contributed by atoms with Crippen molar-refractivity contribution in [2.45, 2.75) is 122 Å². The van der Waals surface area contributed by atoms with Gasteiger partial charge in [0.1, 0.15) is 11.6 Å². The van der Waals surface area contributed by atoms with Crippen LogP contribution in [0.25, 0.3) is 0 Å². The number of aliphatic carboxylic acids is 1. The van der Waals surface area contributed by atoms with E-state index in [1.807, 2.05) is 0 Å². The molecule has 5 N–H and O–H groups in total. The third kappa shape index (κ3) is 12.7. The Kier molecular flexibility index (Phi) is 11.8. The number of ether oxygens (including phenoxy) is 1. The molecule has 8 nitrogen and oxygen atoms in total. The summed E-state index contributed by atoms with van der Waals surface area (Å²) in [4.78, 5) is 32.6. The summed E-state index contributed by atoms with van der Waals surface area (Å²) < 4.78 is 4.90. The molecule has 1 atom stereocenters. The van der Waals surface area contributed by atoms with Crippen LogP contribution >= 0.6 is 0 Å². The number of carboxylic acid groups (broad SMARTS) is 1. The van der Waals surface area contributed by atoms with E-state index in [1.165, 1.54) is 64.2 Å². The van der Waals surface area contributed by atoms with Gasteiger partial charge in [-0.25, -0.2) is 9.59 Å². The maximum absolute atomic E-state index is 11.3. The predicted molar refractivity (Wildman–Crippen MR) is 116 cm³/mol. The fourth-order valence-corrected chi connectivity index (χ4v) is 3.87. The molecule has 2 fully saturated rings. The summed E-state index contributed by atoms with van der Waals surface area (Å²) in [5, 5.41) is 14.8. The van der Waals surface area contributed by atoms with E-state index >= 15 is 0 Å². The number of primary amides is 1. The van der Waals surface area contributed by atoms with Crippen molar-refractivity contribution in [2.75, 3.05) is 0 Å². The third-order valence-electron chi connectivity index (χ3n) is 5.35. The number of carboxylic acids is 1. The standard InChI is InChI=1S/C12H23N.C10H18N2O5/c1-3-7-11(8-4-1)13-12-9-5-2-6-10-12;1-10(2,3)17-9(16)12-6(8(14)15)4-5-7(11)13/h11-13H,1-10H2;6H,4-5H2,1-3H3,(H2,11,13)(H,12,16)(H,14,15)/t;6-/m.0/s1. The van der Waals surface area contributed by atoms with Crippen LogP contribution in [0.5, 0.6) is 0 Å². The maximum atomic E-state index is 11.3. The second-order valence-corrected chi connectivity index (χ2v) is 9.38. The number of hydrogen-bond acceptors (Lipinski definition) is 5. The summed E-state index contributed by atoms with van der Waals surface area (Å²) in [6, 6.07) is 0.561. The van der Waals surface area contributed by atoms with Crippen LogP contribution in [0, 0.1) is 0 Å². The molecule has 0 aromatic heterocycles. The number of nitrogens with two attached hydrogens (primary N) is 1. The lowest BCUT2D eigenvalue weighted by molar-refractivity contribution is -0.139. The van der Waals surface area contributed by atoms with Crippen LogP contribution in [0.2, 0.25) is 0 Å². The third-order valence-corrected chi connectivity index (χ3v) is 5.35. The van der Waals surface area contributed by atoms with E-state index in [2.05, 4.69) is 10.6 Å². The first-order chi connectivity index (χ1) is 14.1. The van der Waals surface area contributed by atoms with Crippen molar-refractivity contribution in [1.29, 1.82) is 0 Å². The van der Waals surface area contributed by atoms with Gasteiger partial charge in [-0.1, -0.05) is 38.5 Å². The molecule has 2 aliphatic carbocycles. The van der Waals surface area contributed by atoms with E-state index < -0.39 is 29.6 Å². The summed E-state index contributed by atoms with van der Waals surface area (Å²) in [5.74, 6) is -1.86. The number of rotatable bonds is 7. The number of carbonyl (C=O) groups is 3. The van der Waals surface area contributed by atoms with Crippen LogP contribution in [0.15, 0.2) is 0 Å². The van der Waals surface area contributed by atoms with E-state index in [0.29, 0.717) is 0 Å². The largest absolute Gasteiger partial charge is 0.480 e. The Morgan fingerprint density at radius 2 is 1.43 bits per heavy atom. The maximum Gasteiger partial charge on any atom is 0.408 e. The monoisotopic (exact) mass is 427 g/mol. The molecule has 0 aliphatic heterocycles. The highest BCUT2D eigenvalue weighted by atomic mass is 16.6. The summed E-state index contributed by atoms with van der Waals surface area (Å²) >= 11 is 0.